The standard InChI is InChI=1S/C11H16BrN/c1-3-9(7-13)11-6-10(12)5-4-8(11)2/h4-6,9H,3,7,13H2,1-2H3. The third-order valence-corrected chi connectivity index (χ3v) is 2.95. The van der Waals surface area contributed by atoms with Crippen molar-refractivity contribution in [1.29, 1.82) is 0 Å². The first-order chi connectivity index (χ1) is 6.19. The van der Waals surface area contributed by atoms with E-state index in [1.54, 1.807) is 0 Å². The summed E-state index contributed by atoms with van der Waals surface area (Å²) < 4.78 is 1.14. The smallest absolute Gasteiger partial charge is 0.0178 e. The van der Waals surface area contributed by atoms with E-state index in [0.29, 0.717) is 5.92 Å². The van der Waals surface area contributed by atoms with E-state index >= 15 is 0 Å². The van der Waals surface area contributed by atoms with Crippen LogP contribution in [0.25, 0.3) is 0 Å². The molecule has 2 N–H and O–H groups in total. The first-order valence-electron chi connectivity index (χ1n) is 4.65. The first kappa shape index (κ1) is 10.7. The first-order valence-corrected chi connectivity index (χ1v) is 5.44. The molecule has 0 spiro atoms. The van der Waals surface area contributed by atoms with Gasteiger partial charge in [-0.1, -0.05) is 28.9 Å². The van der Waals surface area contributed by atoms with E-state index in [0.717, 1.165) is 17.4 Å². The molecule has 0 heterocycles. The molecule has 1 rings (SSSR count). The van der Waals surface area contributed by atoms with Crippen LogP contribution in [-0.2, 0) is 0 Å². The molecule has 0 aliphatic carbocycles. The number of benzene rings is 1. The van der Waals surface area contributed by atoms with Gasteiger partial charge >= 0.3 is 0 Å². The number of halogens is 1. The minimum Gasteiger partial charge on any atom is -0.330 e. The van der Waals surface area contributed by atoms with Crippen molar-refractivity contribution in [3.05, 3.63) is 33.8 Å². The van der Waals surface area contributed by atoms with Crippen molar-refractivity contribution >= 4 is 15.9 Å². The van der Waals surface area contributed by atoms with Crippen molar-refractivity contribution in [2.45, 2.75) is 26.2 Å². The average Bonchev–Trinajstić information content (AvgIpc) is 2.13. The van der Waals surface area contributed by atoms with Gasteiger partial charge in [0, 0.05) is 4.47 Å². The molecule has 0 aliphatic heterocycles. The lowest BCUT2D eigenvalue weighted by atomic mass is 9.93. The minimum atomic E-state index is 0.498. The van der Waals surface area contributed by atoms with Crippen LogP contribution >= 0.6 is 15.9 Å². The summed E-state index contributed by atoms with van der Waals surface area (Å²) >= 11 is 3.48. The highest BCUT2D eigenvalue weighted by Gasteiger charge is 2.09. The second-order valence-corrected chi connectivity index (χ2v) is 4.26. The Morgan fingerprint density at radius 1 is 1.46 bits per heavy atom. The van der Waals surface area contributed by atoms with E-state index in [9.17, 15) is 0 Å². The maximum atomic E-state index is 5.72. The monoisotopic (exact) mass is 241 g/mol. The van der Waals surface area contributed by atoms with Gasteiger partial charge in [0.05, 0.1) is 0 Å². The second-order valence-electron chi connectivity index (χ2n) is 3.34. The summed E-state index contributed by atoms with van der Waals surface area (Å²) in [6, 6.07) is 6.39. The molecule has 0 aliphatic rings. The molecule has 2 heteroatoms. The lowest BCUT2D eigenvalue weighted by molar-refractivity contribution is 0.670. The van der Waals surface area contributed by atoms with Crippen molar-refractivity contribution in [2.24, 2.45) is 5.73 Å². The van der Waals surface area contributed by atoms with Gasteiger partial charge in [0.1, 0.15) is 0 Å². The zero-order valence-electron chi connectivity index (χ0n) is 8.18. The van der Waals surface area contributed by atoms with E-state index in [4.69, 9.17) is 5.73 Å². The third kappa shape index (κ3) is 2.55. The van der Waals surface area contributed by atoms with Crippen LogP contribution < -0.4 is 5.73 Å². The van der Waals surface area contributed by atoms with E-state index in [1.165, 1.54) is 11.1 Å². The fourth-order valence-electron chi connectivity index (χ4n) is 1.56. The van der Waals surface area contributed by atoms with Gasteiger partial charge in [-0.2, -0.15) is 0 Å². The van der Waals surface area contributed by atoms with E-state index in [-0.39, 0.29) is 0 Å². The number of hydrogen-bond acceptors (Lipinski definition) is 1. The van der Waals surface area contributed by atoms with Gasteiger partial charge in [-0.05, 0) is 49.1 Å². The fourth-order valence-corrected chi connectivity index (χ4v) is 1.94. The van der Waals surface area contributed by atoms with Crippen molar-refractivity contribution in [3.8, 4) is 0 Å². The number of aryl methyl sites for hydroxylation is 1. The van der Waals surface area contributed by atoms with E-state index < -0.39 is 0 Å². The molecule has 72 valence electrons. The molecule has 1 unspecified atom stereocenters. The zero-order chi connectivity index (χ0) is 9.84. The summed E-state index contributed by atoms with van der Waals surface area (Å²) in [5.74, 6) is 0.498. The van der Waals surface area contributed by atoms with Crippen LogP contribution in [0.3, 0.4) is 0 Å². The van der Waals surface area contributed by atoms with E-state index in [1.807, 2.05) is 0 Å². The predicted octanol–water partition coefficient (Wildman–Crippen LogP) is 3.21. The summed E-state index contributed by atoms with van der Waals surface area (Å²) in [6.45, 7) is 5.05. The Hall–Kier alpha value is -0.340. The van der Waals surface area contributed by atoms with Crippen LogP contribution in [-0.4, -0.2) is 6.54 Å². The Labute approximate surface area is 88.5 Å². The van der Waals surface area contributed by atoms with Crippen LogP contribution in [0, 0.1) is 6.92 Å². The van der Waals surface area contributed by atoms with Crippen molar-refractivity contribution in [3.63, 3.8) is 0 Å². The van der Waals surface area contributed by atoms with Crippen LogP contribution in [0.2, 0.25) is 0 Å². The van der Waals surface area contributed by atoms with Crippen molar-refractivity contribution < 1.29 is 0 Å². The molecule has 1 atom stereocenters. The number of hydrogen-bond donors (Lipinski definition) is 1. The predicted molar refractivity (Wildman–Crippen MR) is 61.0 cm³/mol. The maximum Gasteiger partial charge on any atom is 0.0178 e. The van der Waals surface area contributed by atoms with Crippen LogP contribution in [0.4, 0.5) is 0 Å². The molecule has 0 bridgehead atoms. The van der Waals surface area contributed by atoms with Crippen molar-refractivity contribution in [1.82, 2.24) is 0 Å². The molecule has 1 aromatic carbocycles. The van der Waals surface area contributed by atoms with Gasteiger partial charge in [-0.15, -0.1) is 0 Å². The highest BCUT2D eigenvalue weighted by Crippen LogP contribution is 2.25. The Morgan fingerprint density at radius 3 is 2.69 bits per heavy atom. The lowest BCUT2D eigenvalue weighted by Gasteiger charge is -2.15. The largest absolute Gasteiger partial charge is 0.330 e. The highest BCUT2D eigenvalue weighted by molar-refractivity contribution is 9.10. The van der Waals surface area contributed by atoms with Gasteiger partial charge < -0.3 is 5.73 Å². The van der Waals surface area contributed by atoms with Crippen LogP contribution in [0.15, 0.2) is 22.7 Å². The summed E-state index contributed by atoms with van der Waals surface area (Å²) in [5.41, 5.74) is 8.43. The Kier molecular flexibility index (Phi) is 3.94. The van der Waals surface area contributed by atoms with Gasteiger partial charge in [-0.3, -0.25) is 0 Å². The Bertz CT molecular complexity index is 279. The number of nitrogens with two attached hydrogens (primary N) is 1. The molecular weight excluding hydrogens is 226 g/mol. The van der Waals surface area contributed by atoms with Gasteiger partial charge in [-0.25, -0.2) is 0 Å². The minimum absolute atomic E-state index is 0.498. The van der Waals surface area contributed by atoms with E-state index in [2.05, 4.69) is 48.0 Å². The Morgan fingerprint density at radius 2 is 2.15 bits per heavy atom. The van der Waals surface area contributed by atoms with Crippen LogP contribution in [0.1, 0.15) is 30.4 Å². The van der Waals surface area contributed by atoms with Gasteiger partial charge in [0.15, 0.2) is 0 Å². The molecule has 0 saturated carbocycles. The molecule has 0 amide bonds. The summed E-state index contributed by atoms with van der Waals surface area (Å²) in [5, 5.41) is 0. The summed E-state index contributed by atoms with van der Waals surface area (Å²) in [6.07, 6.45) is 1.10. The molecular formula is C11H16BrN. The zero-order valence-corrected chi connectivity index (χ0v) is 9.76. The normalized spacial score (nSPS) is 12.9. The molecule has 0 aromatic heterocycles. The molecule has 0 radical (unpaired) electrons. The average molecular weight is 242 g/mol. The number of rotatable bonds is 3. The lowest BCUT2D eigenvalue weighted by Crippen LogP contribution is -2.12. The molecule has 0 fully saturated rings. The molecule has 13 heavy (non-hydrogen) atoms. The maximum absolute atomic E-state index is 5.72. The fraction of sp³-hybridized carbons (Fsp3) is 0.455. The highest BCUT2D eigenvalue weighted by atomic mass is 79.9. The molecule has 1 nitrogen and oxygen atoms in total. The topological polar surface area (TPSA) is 26.0 Å². The van der Waals surface area contributed by atoms with Gasteiger partial charge in [0.25, 0.3) is 0 Å². The summed E-state index contributed by atoms with van der Waals surface area (Å²) in [4.78, 5) is 0. The SMILES string of the molecule is CCC(CN)c1cc(Br)ccc1C. The third-order valence-electron chi connectivity index (χ3n) is 2.46. The Balaban J connectivity index is 3.03. The molecule has 1 aromatic rings. The van der Waals surface area contributed by atoms with Crippen molar-refractivity contribution in [2.75, 3.05) is 6.54 Å². The summed E-state index contributed by atoms with van der Waals surface area (Å²) in [7, 11) is 0. The van der Waals surface area contributed by atoms with Crippen LogP contribution in [0.5, 0.6) is 0 Å². The quantitative estimate of drug-likeness (QED) is 0.865. The second kappa shape index (κ2) is 4.77. The van der Waals surface area contributed by atoms with Gasteiger partial charge in [0.2, 0.25) is 0 Å². The molecule has 0 saturated heterocycles.